The molecule has 0 bridgehead atoms. The van der Waals surface area contributed by atoms with E-state index in [1.807, 2.05) is 0 Å². The molecule has 0 saturated carbocycles. The summed E-state index contributed by atoms with van der Waals surface area (Å²) in [4.78, 5) is 15.1. The third-order valence-electron chi connectivity index (χ3n) is 2.45. The molecule has 8 nitrogen and oxygen atoms in total. The highest BCUT2D eigenvalue weighted by Gasteiger charge is 2.08. The minimum Gasteiger partial charge on any atom is -0.366 e. The first kappa shape index (κ1) is 13.4. The first-order chi connectivity index (χ1) is 8.87. The number of amides is 1. The zero-order valence-electron chi connectivity index (χ0n) is 10.2. The van der Waals surface area contributed by atoms with E-state index in [-0.39, 0.29) is 6.54 Å². The van der Waals surface area contributed by atoms with Gasteiger partial charge in [-0.25, -0.2) is 22.8 Å². The van der Waals surface area contributed by atoms with E-state index in [1.165, 1.54) is 6.20 Å². The smallest absolute Gasteiger partial charge is 0.250 e. The van der Waals surface area contributed by atoms with Crippen LogP contribution in [0.15, 0.2) is 18.5 Å². The number of rotatable bonds is 5. The second-order valence-electron chi connectivity index (χ2n) is 4.04. The fourth-order valence-electron chi connectivity index (χ4n) is 1.61. The molecule has 2 heterocycles. The molecule has 1 amide bonds. The van der Waals surface area contributed by atoms with Crippen LogP contribution in [0.2, 0.25) is 0 Å². The molecule has 19 heavy (non-hydrogen) atoms. The van der Waals surface area contributed by atoms with Crippen molar-refractivity contribution in [2.75, 3.05) is 12.8 Å². The highest BCUT2D eigenvalue weighted by molar-refractivity contribution is 7.88. The Morgan fingerprint density at radius 3 is 2.84 bits per heavy atom. The number of hydrogen-bond donors (Lipinski definition) is 2. The highest BCUT2D eigenvalue weighted by Crippen LogP contribution is 2.12. The molecule has 2 aromatic rings. The molecule has 0 aliphatic rings. The lowest BCUT2D eigenvalue weighted by Crippen LogP contribution is -2.26. The Hall–Kier alpha value is -2.00. The standard InChI is InChI=1S/C10H13N5O3S/c1-19(17,18)14-2-3-15-10-8(6-13-15)4-7(5-12-10)9(11)16/h4-6,14H,2-3H2,1H3,(H2,11,16). The van der Waals surface area contributed by atoms with Crippen LogP contribution in [0.4, 0.5) is 0 Å². The average molecular weight is 283 g/mol. The number of carbonyl (C=O) groups is 1. The van der Waals surface area contributed by atoms with Crippen LogP contribution in [-0.4, -0.2) is 41.9 Å². The van der Waals surface area contributed by atoms with Gasteiger partial charge < -0.3 is 5.73 Å². The van der Waals surface area contributed by atoms with E-state index >= 15 is 0 Å². The summed E-state index contributed by atoms with van der Waals surface area (Å²) < 4.78 is 25.8. The van der Waals surface area contributed by atoms with Crippen LogP contribution >= 0.6 is 0 Å². The fraction of sp³-hybridized carbons (Fsp3) is 0.300. The topological polar surface area (TPSA) is 120 Å². The molecule has 9 heteroatoms. The maximum Gasteiger partial charge on any atom is 0.250 e. The summed E-state index contributed by atoms with van der Waals surface area (Å²) in [6, 6.07) is 1.60. The Bertz CT molecular complexity index is 722. The lowest BCUT2D eigenvalue weighted by atomic mass is 10.2. The Morgan fingerprint density at radius 1 is 1.47 bits per heavy atom. The number of nitrogens with one attached hydrogen (secondary N) is 1. The summed E-state index contributed by atoms with van der Waals surface area (Å²) in [5.41, 5.74) is 6.03. The van der Waals surface area contributed by atoms with Gasteiger partial charge in [0.25, 0.3) is 0 Å². The molecule has 2 aromatic heterocycles. The summed E-state index contributed by atoms with van der Waals surface area (Å²) in [5, 5.41) is 4.76. The number of carbonyl (C=O) groups excluding carboxylic acids is 1. The normalized spacial score (nSPS) is 11.8. The van der Waals surface area contributed by atoms with Gasteiger partial charge in [0.2, 0.25) is 15.9 Å². The minimum absolute atomic E-state index is 0.217. The van der Waals surface area contributed by atoms with E-state index in [2.05, 4.69) is 14.8 Å². The fourth-order valence-corrected chi connectivity index (χ4v) is 2.07. The number of sulfonamides is 1. The van der Waals surface area contributed by atoms with Gasteiger partial charge in [-0.05, 0) is 6.07 Å². The zero-order chi connectivity index (χ0) is 14.0. The minimum atomic E-state index is -3.22. The Balaban J connectivity index is 2.19. The number of primary amides is 1. The SMILES string of the molecule is CS(=O)(=O)NCCn1ncc2cc(C(N)=O)cnc21. The number of pyridine rings is 1. The number of hydrogen-bond acceptors (Lipinski definition) is 5. The molecule has 2 rings (SSSR count). The first-order valence-corrected chi connectivity index (χ1v) is 7.32. The zero-order valence-corrected chi connectivity index (χ0v) is 11.0. The van der Waals surface area contributed by atoms with Crippen LogP contribution < -0.4 is 10.5 Å². The predicted octanol–water partition coefficient (Wildman–Crippen LogP) is -0.921. The van der Waals surface area contributed by atoms with Gasteiger partial charge in [0.05, 0.1) is 24.6 Å². The van der Waals surface area contributed by atoms with Crippen LogP contribution in [0.1, 0.15) is 10.4 Å². The van der Waals surface area contributed by atoms with Crippen molar-refractivity contribution >= 4 is 27.0 Å². The Morgan fingerprint density at radius 2 is 2.21 bits per heavy atom. The van der Waals surface area contributed by atoms with Gasteiger partial charge in [-0.3, -0.25) is 4.79 Å². The van der Waals surface area contributed by atoms with Gasteiger partial charge in [-0.2, -0.15) is 5.10 Å². The second kappa shape index (κ2) is 4.94. The molecule has 0 spiro atoms. The van der Waals surface area contributed by atoms with Crippen molar-refractivity contribution in [3.05, 3.63) is 24.0 Å². The van der Waals surface area contributed by atoms with E-state index in [0.717, 1.165) is 6.26 Å². The van der Waals surface area contributed by atoms with Gasteiger partial charge in [0.15, 0.2) is 5.65 Å². The Labute approximate surface area is 109 Å². The lowest BCUT2D eigenvalue weighted by Gasteiger charge is -2.04. The quantitative estimate of drug-likeness (QED) is 0.735. The monoisotopic (exact) mass is 283 g/mol. The molecular weight excluding hydrogens is 270 g/mol. The first-order valence-electron chi connectivity index (χ1n) is 5.43. The molecule has 102 valence electrons. The predicted molar refractivity (Wildman–Crippen MR) is 68.9 cm³/mol. The molecule has 0 unspecified atom stereocenters. The van der Waals surface area contributed by atoms with E-state index in [0.29, 0.717) is 23.1 Å². The van der Waals surface area contributed by atoms with Crippen LogP contribution in [-0.2, 0) is 16.6 Å². The summed E-state index contributed by atoms with van der Waals surface area (Å²) >= 11 is 0. The van der Waals surface area contributed by atoms with Crippen molar-refractivity contribution in [1.82, 2.24) is 19.5 Å². The molecular formula is C10H13N5O3S. The van der Waals surface area contributed by atoms with Crippen molar-refractivity contribution in [2.45, 2.75) is 6.54 Å². The molecule has 0 fully saturated rings. The molecule has 0 aliphatic heterocycles. The molecule has 0 atom stereocenters. The summed E-state index contributed by atoms with van der Waals surface area (Å²) in [5.74, 6) is -0.555. The van der Waals surface area contributed by atoms with E-state index in [9.17, 15) is 13.2 Å². The van der Waals surface area contributed by atoms with Gasteiger partial charge in [0.1, 0.15) is 0 Å². The molecule has 0 saturated heterocycles. The van der Waals surface area contributed by atoms with Crippen LogP contribution in [0, 0.1) is 0 Å². The summed E-state index contributed by atoms with van der Waals surface area (Å²) in [6.07, 6.45) is 4.01. The van der Waals surface area contributed by atoms with Crippen molar-refractivity contribution in [3.63, 3.8) is 0 Å². The average Bonchev–Trinajstić information content (AvgIpc) is 2.70. The van der Waals surface area contributed by atoms with E-state index in [4.69, 9.17) is 5.73 Å². The van der Waals surface area contributed by atoms with Crippen LogP contribution in [0.5, 0.6) is 0 Å². The molecule has 0 radical (unpaired) electrons. The van der Waals surface area contributed by atoms with Crippen molar-refractivity contribution in [2.24, 2.45) is 5.73 Å². The number of nitrogens with two attached hydrogens (primary N) is 1. The molecule has 0 aromatic carbocycles. The summed E-state index contributed by atoms with van der Waals surface area (Å²) in [7, 11) is -3.22. The second-order valence-corrected chi connectivity index (χ2v) is 5.87. The van der Waals surface area contributed by atoms with Crippen molar-refractivity contribution in [3.8, 4) is 0 Å². The van der Waals surface area contributed by atoms with Gasteiger partial charge >= 0.3 is 0 Å². The van der Waals surface area contributed by atoms with E-state index in [1.54, 1.807) is 16.9 Å². The maximum atomic E-state index is 11.0. The van der Waals surface area contributed by atoms with E-state index < -0.39 is 15.9 Å². The number of fused-ring (bicyclic) bond motifs is 1. The van der Waals surface area contributed by atoms with Crippen LogP contribution in [0.3, 0.4) is 0 Å². The molecule has 0 aliphatic carbocycles. The van der Waals surface area contributed by atoms with Crippen LogP contribution in [0.25, 0.3) is 11.0 Å². The Kier molecular flexibility index (Phi) is 3.49. The lowest BCUT2D eigenvalue weighted by molar-refractivity contribution is 0.1000. The van der Waals surface area contributed by atoms with Crippen molar-refractivity contribution < 1.29 is 13.2 Å². The highest BCUT2D eigenvalue weighted by atomic mass is 32.2. The third-order valence-corrected chi connectivity index (χ3v) is 3.18. The van der Waals surface area contributed by atoms with Crippen molar-refractivity contribution in [1.29, 1.82) is 0 Å². The van der Waals surface area contributed by atoms with Gasteiger partial charge in [-0.15, -0.1) is 0 Å². The number of nitrogens with zero attached hydrogens (tertiary/aromatic N) is 3. The number of aromatic nitrogens is 3. The third kappa shape index (κ3) is 3.26. The van der Waals surface area contributed by atoms with Gasteiger partial charge in [0, 0.05) is 18.1 Å². The largest absolute Gasteiger partial charge is 0.366 e. The maximum absolute atomic E-state index is 11.0. The van der Waals surface area contributed by atoms with Gasteiger partial charge in [-0.1, -0.05) is 0 Å². The molecule has 3 N–H and O–H groups in total. The summed E-state index contributed by atoms with van der Waals surface area (Å²) in [6.45, 7) is 0.564.